The molecule has 0 radical (unpaired) electrons. The minimum atomic E-state index is -4.94. The summed E-state index contributed by atoms with van der Waals surface area (Å²) in [6.45, 7) is 7.13. The second-order valence-electron chi connectivity index (χ2n) is 24.3. The summed E-state index contributed by atoms with van der Waals surface area (Å²) in [7, 11) is -9.87. The minimum absolute atomic E-state index is 0.104. The molecule has 0 heterocycles. The number of aliphatic hydroxyl groups excluding tert-OH is 1. The number of ether oxygens (including phenoxy) is 4. The molecule has 0 aliphatic heterocycles. The van der Waals surface area contributed by atoms with Gasteiger partial charge in [-0.05, 0) is 31.6 Å². The normalized spacial score (nSPS) is 14.2. The van der Waals surface area contributed by atoms with E-state index in [-0.39, 0.29) is 25.7 Å². The summed E-state index contributed by atoms with van der Waals surface area (Å²) >= 11 is 0. The topological polar surface area (TPSA) is 237 Å². The summed E-state index contributed by atoms with van der Waals surface area (Å²) in [4.78, 5) is 71.9. The number of hydrogen-bond acceptors (Lipinski definition) is 15. The van der Waals surface area contributed by atoms with Gasteiger partial charge in [-0.2, -0.15) is 0 Å². The van der Waals surface area contributed by atoms with Gasteiger partial charge in [0.2, 0.25) is 0 Å². The number of carbonyl (C=O) groups is 4. The molecule has 0 aromatic rings. The van der Waals surface area contributed by atoms with E-state index in [1.54, 1.807) is 0 Å². The summed E-state index contributed by atoms with van der Waals surface area (Å²) < 4.78 is 67.8. The summed E-state index contributed by atoms with van der Waals surface area (Å²) in [5, 5.41) is 10.5. The first-order chi connectivity index (χ1) is 41.0. The van der Waals surface area contributed by atoms with Gasteiger partial charge in [-0.1, -0.05) is 285 Å². The second kappa shape index (κ2) is 59.7. The molecule has 5 atom stereocenters. The zero-order valence-corrected chi connectivity index (χ0v) is 56.5. The molecule has 0 saturated heterocycles. The Morgan fingerprint density at radius 1 is 0.318 bits per heavy atom. The molecular formula is C66H128O17P2. The van der Waals surface area contributed by atoms with Crippen molar-refractivity contribution in [2.24, 2.45) is 5.92 Å². The molecule has 0 aromatic heterocycles. The molecule has 0 aliphatic rings. The average molecular weight is 1260 g/mol. The number of esters is 4. The molecule has 0 bridgehead atoms. The van der Waals surface area contributed by atoms with E-state index >= 15 is 0 Å². The van der Waals surface area contributed by atoms with Crippen molar-refractivity contribution in [2.75, 3.05) is 39.6 Å². The highest BCUT2D eigenvalue weighted by molar-refractivity contribution is 7.47. The van der Waals surface area contributed by atoms with Crippen molar-refractivity contribution >= 4 is 39.5 Å². The summed E-state index contributed by atoms with van der Waals surface area (Å²) in [6.07, 6.45) is 45.0. The molecule has 85 heavy (non-hydrogen) atoms. The third kappa shape index (κ3) is 60.7. The Bertz CT molecular complexity index is 1650. The largest absolute Gasteiger partial charge is 0.472 e. The van der Waals surface area contributed by atoms with E-state index in [0.717, 1.165) is 109 Å². The maximum atomic E-state index is 13.0. The number of rotatable bonds is 66. The van der Waals surface area contributed by atoms with Crippen LogP contribution in [0.5, 0.6) is 0 Å². The highest BCUT2D eigenvalue weighted by atomic mass is 31.2. The fourth-order valence-electron chi connectivity index (χ4n) is 9.94. The van der Waals surface area contributed by atoms with E-state index in [4.69, 9.17) is 37.0 Å². The number of phosphoric ester groups is 2. The van der Waals surface area contributed by atoms with E-state index in [2.05, 4.69) is 34.6 Å². The van der Waals surface area contributed by atoms with Gasteiger partial charge in [0.05, 0.1) is 26.4 Å². The van der Waals surface area contributed by atoms with Crippen LogP contribution < -0.4 is 0 Å². The van der Waals surface area contributed by atoms with Crippen LogP contribution in [-0.2, 0) is 65.4 Å². The number of unbranched alkanes of at least 4 members (excludes halogenated alkanes) is 38. The van der Waals surface area contributed by atoms with Gasteiger partial charge in [0.15, 0.2) is 12.2 Å². The quantitative estimate of drug-likeness (QED) is 0.0222. The summed E-state index contributed by atoms with van der Waals surface area (Å²) in [6, 6.07) is 0. The lowest BCUT2D eigenvalue weighted by molar-refractivity contribution is -0.161. The molecular weight excluding hydrogens is 1130 g/mol. The third-order valence-electron chi connectivity index (χ3n) is 15.3. The standard InChI is InChI=1S/C66H128O17P2/c1-6-9-12-15-17-19-28-32-36-40-45-50-64(69)77-56-62(83-66(71)52-47-42-37-33-30-27-25-23-21-20-22-24-26-29-31-34-39-43-48-59(4)5)58-81-85(74,75)79-54-60(67)53-78-84(72,73)80-57-61(55-76-63(68)49-44-38-14-11-8-3)82-65(70)51-46-41-35-18-16-13-10-7-2/h59-62,67H,6-58H2,1-5H3,(H,72,73)(H,74,75)/t60-,61+,62+/m0/s1. The van der Waals surface area contributed by atoms with E-state index in [1.165, 1.54) is 148 Å². The van der Waals surface area contributed by atoms with Crippen LogP contribution in [0.25, 0.3) is 0 Å². The van der Waals surface area contributed by atoms with Crippen LogP contribution in [0, 0.1) is 5.92 Å². The van der Waals surface area contributed by atoms with Crippen LogP contribution in [-0.4, -0.2) is 96.7 Å². The molecule has 0 fully saturated rings. The lowest BCUT2D eigenvalue weighted by Crippen LogP contribution is -2.30. The maximum Gasteiger partial charge on any atom is 0.472 e. The van der Waals surface area contributed by atoms with Crippen molar-refractivity contribution in [1.82, 2.24) is 0 Å². The first kappa shape index (κ1) is 83.1. The molecule has 504 valence electrons. The molecule has 0 aliphatic carbocycles. The van der Waals surface area contributed by atoms with Crippen LogP contribution in [0.1, 0.15) is 336 Å². The molecule has 2 unspecified atom stereocenters. The Morgan fingerprint density at radius 2 is 0.541 bits per heavy atom. The molecule has 0 aromatic carbocycles. The fraction of sp³-hybridized carbons (Fsp3) is 0.939. The molecule has 0 rings (SSSR count). The Hall–Kier alpha value is -1.94. The van der Waals surface area contributed by atoms with Gasteiger partial charge >= 0.3 is 39.5 Å². The molecule has 0 saturated carbocycles. The van der Waals surface area contributed by atoms with Gasteiger partial charge in [0, 0.05) is 25.7 Å². The van der Waals surface area contributed by atoms with Crippen LogP contribution >= 0.6 is 15.6 Å². The molecule has 3 N–H and O–H groups in total. The maximum absolute atomic E-state index is 13.0. The van der Waals surface area contributed by atoms with Crippen molar-refractivity contribution in [2.45, 2.75) is 355 Å². The van der Waals surface area contributed by atoms with E-state index in [9.17, 15) is 43.2 Å². The summed E-state index contributed by atoms with van der Waals surface area (Å²) in [5.41, 5.74) is 0. The molecule has 19 heteroatoms. The van der Waals surface area contributed by atoms with Crippen molar-refractivity contribution in [3.63, 3.8) is 0 Å². The van der Waals surface area contributed by atoms with Gasteiger partial charge in [-0.3, -0.25) is 37.3 Å². The first-order valence-electron chi connectivity index (χ1n) is 34.6. The first-order valence-corrected chi connectivity index (χ1v) is 37.6. The number of carbonyl (C=O) groups excluding carboxylic acids is 4. The van der Waals surface area contributed by atoms with Crippen molar-refractivity contribution in [1.29, 1.82) is 0 Å². The minimum Gasteiger partial charge on any atom is -0.462 e. The van der Waals surface area contributed by atoms with E-state index < -0.39 is 97.5 Å². The van der Waals surface area contributed by atoms with Crippen molar-refractivity contribution < 1.29 is 80.2 Å². The Kier molecular flexibility index (Phi) is 58.3. The molecule has 17 nitrogen and oxygen atoms in total. The van der Waals surface area contributed by atoms with Crippen LogP contribution in [0.15, 0.2) is 0 Å². The molecule has 0 amide bonds. The lowest BCUT2D eigenvalue weighted by Gasteiger charge is -2.21. The van der Waals surface area contributed by atoms with Gasteiger partial charge in [0.25, 0.3) is 0 Å². The zero-order valence-electron chi connectivity index (χ0n) is 54.7. The van der Waals surface area contributed by atoms with Gasteiger partial charge in [-0.25, -0.2) is 9.13 Å². The number of aliphatic hydroxyl groups is 1. The Labute approximate surface area is 517 Å². The highest BCUT2D eigenvalue weighted by Crippen LogP contribution is 2.45. The third-order valence-corrected chi connectivity index (χ3v) is 17.2. The van der Waals surface area contributed by atoms with Crippen LogP contribution in [0.4, 0.5) is 0 Å². The van der Waals surface area contributed by atoms with Gasteiger partial charge in [-0.15, -0.1) is 0 Å². The smallest absolute Gasteiger partial charge is 0.462 e. The van der Waals surface area contributed by atoms with E-state index in [1.807, 2.05) is 0 Å². The number of phosphoric acid groups is 2. The van der Waals surface area contributed by atoms with Gasteiger partial charge < -0.3 is 33.8 Å². The predicted molar refractivity (Wildman–Crippen MR) is 340 cm³/mol. The fourth-order valence-corrected chi connectivity index (χ4v) is 11.5. The van der Waals surface area contributed by atoms with E-state index in [0.29, 0.717) is 25.7 Å². The monoisotopic (exact) mass is 1250 g/mol. The Morgan fingerprint density at radius 3 is 0.800 bits per heavy atom. The van der Waals surface area contributed by atoms with Crippen LogP contribution in [0.2, 0.25) is 0 Å². The Balaban J connectivity index is 5.07. The zero-order chi connectivity index (χ0) is 62.8. The van der Waals surface area contributed by atoms with Crippen molar-refractivity contribution in [3.05, 3.63) is 0 Å². The van der Waals surface area contributed by atoms with Crippen LogP contribution in [0.3, 0.4) is 0 Å². The average Bonchev–Trinajstić information content (AvgIpc) is 3.52. The predicted octanol–water partition coefficient (Wildman–Crippen LogP) is 18.6. The lowest BCUT2D eigenvalue weighted by atomic mass is 10.0. The highest BCUT2D eigenvalue weighted by Gasteiger charge is 2.30. The van der Waals surface area contributed by atoms with Crippen molar-refractivity contribution in [3.8, 4) is 0 Å². The summed E-state index contributed by atoms with van der Waals surface area (Å²) in [5.74, 6) is -1.32. The SMILES string of the molecule is CCCCCCCCCCCCCC(=O)OC[C@H](COP(=O)(O)OC[C@@H](O)COP(=O)(O)OC[C@@H](COC(=O)CCCCCCC)OC(=O)CCCCCCCCCC)OC(=O)CCCCCCCCCCCCCCCCCCCCC(C)C. The number of hydrogen-bond donors (Lipinski definition) is 3. The molecule has 0 spiro atoms. The van der Waals surface area contributed by atoms with Gasteiger partial charge in [0.1, 0.15) is 19.3 Å². The second-order valence-corrected chi connectivity index (χ2v) is 27.2.